The van der Waals surface area contributed by atoms with Crippen molar-refractivity contribution in [1.29, 1.82) is 0 Å². The molecule has 152 valence electrons. The highest BCUT2D eigenvalue weighted by atomic mass is 16.5. The van der Waals surface area contributed by atoms with E-state index >= 15 is 0 Å². The van der Waals surface area contributed by atoms with Crippen molar-refractivity contribution in [3.8, 4) is 11.5 Å². The molecule has 1 heterocycles. The number of Topliss-reactive ketones (excluding diaryl/α,β-unsaturated/α-hetero) is 1. The van der Waals surface area contributed by atoms with Crippen LogP contribution in [-0.2, 0) is 11.8 Å². The van der Waals surface area contributed by atoms with Crippen LogP contribution in [0.2, 0.25) is 0 Å². The molecule has 29 heavy (non-hydrogen) atoms. The number of hydrogen-bond acceptors (Lipinski definition) is 4. The van der Waals surface area contributed by atoms with Gasteiger partial charge in [0.15, 0.2) is 5.78 Å². The van der Waals surface area contributed by atoms with Gasteiger partial charge in [0.2, 0.25) is 0 Å². The number of benzene rings is 2. The number of ether oxygens (including phenoxy) is 1. The van der Waals surface area contributed by atoms with Gasteiger partial charge >= 0.3 is 0 Å². The second-order valence-electron chi connectivity index (χ2n) is 8.99. The average molecular weight is 392 g/mol. The van der Waals surface area contributed by atoms with Crippen LogP contribution in [0, 0.1) is 5.92 Å². The normalized spacial score (nSPS) is 28.3. The van der Waals surface area contributed by atoms with Crippen molar-refractivity contribution in [3.05, 3.63) is 59.2 Å². The molecule has 1 aliphatic heterocycles. The van der Waals surface area contributed by atoms with Gasteiger partial charge < -0.3 is 9.84 Å². The van der Waals surface area contributed by atoms with Gasteiger partial charge in [0.05, 0.1) is 13.7 Å². The van der Waals surface area contributed by atoms with Gasteiger partial charge in [-0.1, -0.05) is 18.9 Å². The van der Waals surface area contributed by atoms with E-state index in [2.05, 4.69) is 11.0 Å². The molecule has 1 saturated heterocycles. The van der Waals surface area contributed by atoms with Crippen molar-refractivity contribution < 1.29 is 14.6 Å². The van der Waals surface area contributed by atoms with E-state index in [1.54, 1.807) is 7.11 Å². The van der Waals surface area contributed by atoms with Gasteiger partial charge in [-0.3, -0.25) is 9.69 Å². The molecule has 0 unspecified atom stereocenters. The van der Waals surface area contributed by atoms with Gasteiger partial charge in [-0.15, -0.1) is 0 Å². The summed E-state index contributed by atoms with van der Waals surface area (Å²) in [4.78, 5) is 15.4. The number of piperidine rings is 1. The summed E-state index contributed by atoms with van der Waals surface area (Å²) >= 11 is 0. The minimum Gasteiger partial charge on any atom is -0.508 e. The van der Waals surface area contributed by atoms with E-state index in [9.17, 15) is 9.90 Å². The summed E-state index contributed by atoms with van der Waals surface area (Å²) in [6.07, 6.45) is 7.05. The maximum Gasteiger partial charge on any atom is 0.176 e. The number of rotatable bonds is 4. The van der Waals surface area contributed by atoms with E-state index < -0.39 is 0 Å². The van der Waals surface area contributed by atoms with Gasteiger partial charge in [-0.05, 0) is 85.7 Å². The quantitative estimate of drug-likeness (QED) is 0.788. The van der Waals surface area contributed by atoms with Crippen molar-refractivity contribution in [2.45, 2.75) is 50.0 Å². The number of ketones is 1. The number of phenolic OH excluding ortho intramolecular Hbond substituents is 1. The lowest BCUT2D eigenvalue weighted by molar-refractivity contribution is -0.00848. The van der Waals surface area contributed by atoms with Gasteiger partial charge in [0.25, 0.3) is 0 Å². The molecule has 2 fully saturated rings. The number of fused-ring (bicyclic) bond motifs is 1. The lowest BCUT2D eigenvalue weighted by Crippen LogP contribution is -2.61. The molecular formula is C25H29NO3. The predicted molar refractivity (Wildman–Crippen MR) is 113 cm³/mol. The first-order valence-electron chi connectivity index (χ1n) is 10.8. The molecule has 2 aromatic rings. The molecule has 4 heteroatoms. The number of carbonyl (C=O) groups is 1. The Morgan fingerprint density at radius 2 is 2.00 bits per heavy atom. The number of likely N-dealkylation sites (tertiary alicyclic amines) is 1. The van der Waals surface area contributed by atoms with Crippen LogP contribution in [0.15, 0.2) is 42.5 Å². The van der Waals surface area contributed by atoms with E-state index in [0.717, 1.165) is 30.7 Å². The fraction of sp³-hybridized carbons (Fsp3) is 0.480. The molecule has 3 aliphatic rings. The number of hydrogen-bond donors (Lipinski definition) is 1. The predicted octanol–water partition coefficient (Wildman–Crippen LogP) is 4.34. The fourth-order valence-corrected chi connectivity index (χ4v) is 6.32. The zero-order chi connectivity index (χ0) is 20.0. The summed E-state index contributed by atoms with van der Waals surface area (Å²) in [7, 11) is 1.64. The summed E-state index contributed by atoms with van der Waals surface area (Å²) < 4.78 is 5.21. The monoisotopic (exact) mass is 391 g/mol. The standard InChI is InChI=1S/C25H29NO3/c1-29-20-9-6-17(7-10-20)24(28)16-26-13-12-25-11-3-2-4-21(25)23(26)14-18-5-8-19(27)15-22(18)25/h5-10,15,21,23,27H,2-4,11-14,16H2,1H3/t21-,23-,25-/m0/s1. The Hall–Kier alpha value is -2.33. The van der Waals surface area contributed by atoms with Crippen molar-refractivity contribution >= 4 is 5.78 Å². The lowest BCUT2D eigenvalue weighted by atomic mass is 9.52. The van der Waals surface area contributed by atoms with Crippen LogP contribution in [0.4, 0.5) is 0 Å². The first kappa shape index (κ1) is 18.7. The molecule has 2 aromatic carbocycles. The summed E-state index contributed by atoms with van der Waals surface area (Å²) in [6, 6.07) is 13.8. The third-order valence-corrected chi connectivity index (χ3v) is 7.69. The number of aromatic hydroxyl groups is 1. The van der Waals surface area contributed by atoms with Gasteiger partial charge in [0.1, 0.15) is 11.5 Å². The van der Waals surface area contributed by atoms with Crippen LogP contribution in [0.1, 0.15) is 53.6 Å². The molecule has 2 aliphatic carbocycles. The molecule has 2 bridgehead atoms. The van der Waals surface area contributed by atoms with Gasteiger partial charge in [-0.25, -0.2) is 0 Å². The highest BCUT2D eigenvalue weighted by Crippen LogP contribution is 2.56. The Kier molecular flexibility index (Phi) is 4.62. The zero-order valence-electron chi connectivity index (χ0n) is 17.1. The molecule has 1 saturated carbocycles. The SMILES string of the molecule is COc1ccc(C(=O)CN2CC[C@@]34CCCC[C@H]3[C@@H]2Cc2ccc(O)cc24)cc1. The number of carbonyl (C=O) groups excluding carboxylic acids is 1. The minimum absolute atomic E-state index is 0.187. The largest absolute Gasteiger partial charge is 0.508 e. The second kappa shape index (κ2) is 7.17. The van der Waals surface area contributed by atoms with Crippen LogP contribution in [0.25, 0.3) is 0 Å². The Bertz CT molecular complexity index is 922. The zero-order valence-corrected chi connectivity index (χ0v) is 17.1. The molecule has 0 amide bonds. The number of phenols is 1. The molecule has 1 N–H and O–H groups in total. The first-order valence-corrected chi connectivity index (χ1v) is 10.8. The van der Waals surface area contributed by atoms with Crippen LogP contribution in [0.5, 0.6) is 11.5 Å². The Balaban J connectivity index is 1.43. The van der Waals surface area contributed by atoms with Crippen molar-refractivity contribution in [2.24, 2.45) is 5.92 Å². The highest BCUT2D eigenvalue weighted by molar-refractivity contribution is 5.97. The number of methoxy groups -OCH3 is 1. The smallest absolute Gasteiger partial charge is 0.176 e. The van der Waals surface area contributed by atoms with E-state index in [4.69, 9.17) is 4.74 Å². The lowest BCUT2D eigenvalue weighted by Gasteiger charge is -2.59. The maximum atomic E-state index is 13.0. The average Bonchev–Trinajstić information content (AvgIpc) is 2.76. The highest BCUT2D eigenvalue weighted by Gasteiger charge is 2.53. The Morgan fingerprint density at radius 3 is 2.79 bits per heavy atom. The van der Waals surface area contributed by atoms with Crippen LogP contribution in [-0.4, -0.2) is 42.0 Å². The Morgan fingerprint density at radius 1 is 1.17 bits per heavy atom. The van der Waals surface area contributed by atoms with Crippen LogP contribution >= 0.6 is 0 Å². The van der Waals surface area contributed by atoms with Crippen molar-refractivity contribution in [3.63, 3.8) is 0 Å². The molecular weight excluding hydrogens is 362 g/mol. The summed E-state index contributed by atoms with van der Waals surface area (Å²) in [5.74, 6) is 1.94. The van der Waals surface area contributed by atoms with Crippen molar-refractivity contribution in [1.82, 2.24) is 4.90 Å². The van der Waals surface area contributed by atoms with Crippen LogP contribution in [0.3, 0.4) is 0 Å². The fourth-order valence-electron chi connectivity index (χ4n) is 6.32. The summed E-state index contributed by atoms with van der Waals surface area (Å²) in [5.41, 5.74) is 3.70. The first-order chi connectivity index (χ1) is 14.1. The third-order valence-electron chi connectivity index (χ3n) is 7.69. The summed E-state index contributed by atoms with van der Waals surface area (Å²) in [5, 5.41) is 10.1. The van der Waals surface area contributed by atoms with E-state index in [1.165, 1.54) is 36.8 Å². The Labute approximate surface area is 172 Å². The molecule has 0 aromatic heterocycles. The summed E-state index contributed by atoms with van der Waals surface area (Å²) in [6.45, 7) is 1.44. The number of nitrogens with zero attached hydrogens (tertiary/aromatic N) is 1. The van der Waals surface area contributed by atoms with Crippen LogP contribution < -0.4 is 4.74 Å². The molecule has 5 rings (SSSR count). The maximum absolute atomic E-state index is 13.0. The van der Waals surface area contributed by atoms with Crippen molar-refractivity contribution in [2.75, 3.05) is 20.2 Å². The molecule has 3 atom stereocenters. The molecule has 4 nitrogen and oxygen atoms in total. The minimum atomic E-state index is 0.187. The third kappa shape index (κ3) is 3.05. The van der Waals surface area contributed by atoms with E-state index in [0.29, 0.717) is 24.3 Å². The van der Waals surface area contributed by atoms with E-state index in [1.807, 2.05) is 36.4 Å². The topological polar surface area (TPSA) is 49.8 Å². The molecule has 0 spiro atoms. The van der Waals surface area contributed by atoms with E-state index in [-0.39, 0.29) is 11.2 Å². The molecule has 0 radical (unpaired) electrons. The van der Waals surface area contributed by atoms with Gasteiger partial charge in [-0.2, -0.15) is 0 Å². The second-order valence-corrected chi connectivity index (χ2v) is 8.99. The van der Waals surface area contributed by atoms with Gasteiger partial charge in [0, 0.05) is 17.0 Å².